The Hall–Kier alpha value is -6.77. The third-order valence-electron chi connectivity index (χ3n) is 11.6. The van der Waals surface area contributed by atoms with Crippen molar-refractivity contribution in [2.24, 2.45) is 17.2 Å². The third-order valence-corrected chi connectivity index (χ3v) is 12.3. The maximum absolute atomic E-state index is 14.6. The number of thiol groups is 2. The number of fused-ring (bicyclic) bond motifs is 1. The van der Waals surface area contributed by atoms with Gasteiger partial charge >= 0.3 is 0 Å². The number of H-pyrrole nitrogens is 1. The van der Waals surface area contributed by atoms with E-state index in [1.165, 1.54) is 38.4 Å². The predicted octanol–water partition coefficient (Wildman–Crippen LogP) is -2.75. The van der Waals surface area contributed by atoms with Crippen molar-refractivity contribution in [2.45, 2.75) is 113 Å². The molecular formula is C48H66N12O11S2. The molecule has 0 spiro atoms. The van der Waals surface area contributed by atoms with Crippen molar-refractivity contribution in [3.05, 3.63) is 95.9 Å². The van der Waals surface area contributed by atoms with Gasteiger partial charge in [0, 0.05) is 53.8 Å². The second kappa shape index (κ2) is 29.1. The first-order chi connectivity index (χ1) is 34.8. The Morgan fingerprint density at radius 1 is 0.616 bits per heavy atom. The number of phenolic OH excluding ortho intramolecular Hbond substituents is 1. The minimum atomic E-state index is -1.71. The summed E-state index contributed by atoms with van der Waals surface area (Å²) >= 11 is 8.40. The van der Waals surface area contributed by atoms with Gasteiger partial charge in [-0.15, -0.1) is 0 Å². The number of para-hydroxylation sites is 1. The molecule has 0 fully saturated rings. The lowest BCUT2D eigenvalue weighted by molar-refractivity contribution is -0.137. The van der Waals surface area contributed by atoms with E-state index >= 15 is 0 Å². The molecule has 396 valence electrons. The van der Waals surface area contributed by atoms with E-state index in [-0.39, 0.29) is 49.5 Å². The topological polar surface area (TPSA) is 388 Å². The average Bonchev–Trinajstić information content (AvgIpc) is 3.77. The Bertz CT molecular complexity index is 2500. The molecule has 2 aromatic carbocycles. The molecule has 0 saturated heterocycles. The maximum atomic E-state index is 14.6. The Balaban J connectivity index is 1.61. The van der Waals surface area contributed by atoms with E-state index in [2.05, 4.69) is 72.4 Å². The van der Waals surface area contributed by atoms with E-state index in [0.717, 1.165) is 10.9 Å². The lowest BCUT2D eigenvalue weighted by atomic mass is 10.0. The van der Waals surface area contributed by atoms with Crippen molar-refractivity contribution in [2.75, 3.05) is 18.1 Å². The van der Waals surface area contributed by atoms with E-state index in [9.17, 15) is 53.7 Å². The number of primary amides is 1. The lowest BCUT2D eigenvalue weighted by Gasteiger charge is -2.28. The van der Waals surface area contributed by atoms with Crippen molar-refractivity contribution in [3.63, 3.8) is 0 Å². The molecule has 8 amide bonds. The van der Waals surface area contributed by atoms with E-state index in [1.54, 1.807) is 48.7 Å². The number of hydrogen-bond donors (Lipinski definition) is 16. The monoisotopic (exact) mass is 1050 g/mol. The Kier molecular flexibility index (Phi) is 23.4. The number of nitrogens with zero attached hydrogens (tertiary/aromatic N) is 1. The zero-order chi connectivity index (χ0) is 53.8. The van der Waals surface area contributed by atoms with Gasteiger partial charge in [0.05, 0.1) is 18.2 Å². The smallest absolute Gasteiger partial charge is 0.245 e. The lowest BCUT2D eigenvalue weighted by Crippen LogP contribution is -2.62. The van der Waals surface area contributed by atoms with Gasteiger partial charge in [-0.25, -0.2) is 0 Å². The molecule has 25 heteroatoms. The van der Waals surface area contributed by atoms with Gasteiger partial charge in [0.15, 0.2) is 0 Å². The normalized spacial score (nSPS) is 15.3. The fraction of sp³-hybridized carbons (Fsp3) is 0.438. The highest BCUT2D eigenvalue weighted by molar-refractivity contribution is 7.80. The number of carbonyl (C=O) groups is 8. The first kappa shape index (κ1) is 58.8. The molecule has 0 aliphatic rings. The van der Waals surface area contributed by atoms with Crippen LogP contribution in [0.5, 0.6) is 5.75 Å². The first-order valence-electron chi connectivity index (χ1n) is 23.4. The molecule has 0 aliphatic heterocycles. The number of unbranched alkanes of at least 4 members (excludes halogenated alkanes) is 1. The number of aromatic amines is 1. The summed E-state index contributed by atoms with van der Waals surface area (Å²) in [6.45, 7) is 2.65. The Morgan fingerprint density at radius 2 is 1.15 bits per heavy atom. The van der Waals surface area contributed by atoms with E-state index in [0.29, 0.717) is 29.5 Å². The molecule has 4 rings (SSSR count). The average molecular weight is 1050 g/mol. The number of rotatable bonds is 29. The van der Waals surface area contributed by atoms with Gasteiger partial charge in [0.1, 0.15) is 48.0 Å². The second-order valence-corrected chi connectivity index (χ2v) is 18.1. The summed E-state index contributed by atoms with van der Waals surface area (Å²) in [4.78, 5) is 116. The van der Waals surface area contributed by atoms with Crippen LogP contribution < -0.4 is 54.4 Å². The summed E-state index contributed by atoms with van der Waals surface area (Å²) in [5.74, 6) is -7.62. The van der Waals surface area contributed by atoms with E-state index < -0.39 is 108 Å². The number of carbonyl (C=O) groups excluding carboxylic acids is 8. The van der Waals surface area contributed by atoms with Gasteiger partial charge < -0.3 is 74.7 Å². The number of amides is 8. The number of pyridine rings is 1. The van der Waals surface area contributed by atoms with Crippen LogP contribution in [0.3, 0.4) is 0 Å². The van der Waals surface area contributed by atoms with Gasteiger partial charge in [-0.1, -0.05) is 36.4 Å². The van der Waals surface area contributed by atoms with E-state index in [1.807, 2.05) is 6.07 Å². The number of aromatic hydroxyl groups is 1. The van der Waals surface area contributed by atoms with E-state index in [4.69, 9.17) is 17.2 Å². The van der Waals surface area contributed by atoms with Crippen molar-refractivity contribution in [1.82, 2.24) is 47.2 Å². The summed E-state index contributed by atoms with van der Waals surface area (Å²) < 4.78 is 0. The molecule has 0 unspecified atom stereocenters. The first-order valence-corrected chi connectivity index (χ1v) is 24.7. The molecule has 23 nitrogen and oxygen atoms in total. The number of phenols is 1. The highest BCUT2D eigenvalue weighted by atomic mass is 32.1. The molecule has 17 N–H and O–H groups in total. The number of aromatic nitrogens is 2. The molecular weight excluding hydrogens is 985 g/mol. The number of nitrogens with one attached hydrogen (secondary N) is 8. The largest absolute Gasteiger partial charge is 0.508 e. The zero-order valence-corrected chi connectivity index (χ0v) is 42.1. The summed E-state index contributed by atoms with van der Waals surface area (Å²) in [6.07, 6.45) is 2.21. The number of aliphatic hydroxyl groups excluding tert-OH is 2. The zero-order valence-electron chi connectivity index (χ0n) is 40.3. The Morgan fingerprint density at radius 3 is 1.73 bits per heavy atom. The van der Waals surface area contributed by atoms with Crippen LogP contribution in [-0.4, -0.2) is 151 Å². The summed E-state index contributed by atoms with van der Waals surface area (Å²) in [7, 11) is 0. The minimum Gasteiger partial charge on any atom is -0.508 e. The molecule has 10 atom stereocenters. The number of nitrogens with two attached hydrogens (primary N) is 3. The fourth-order valence-electron chi connectivity index (χ4n) is 7.52. The third kappa shape index (κ3) is 18.0. The molecule has 0 radical (unpaired) electrons. The SMILES string of the molecule is C[C@@H](O)[C@H](NC(=O)[C@H](CS)NC(=O)[C@H](NC(=O)[C@H](CCCCN)NC(=O)[C@@H](Cc1c[nH]c2ccccc12)NC(=O)[C@H](Cc1cccnc1)NC(=O)[C@@H](CS)NC(=O)[C@@H](N)Cc1ccc(O)cc1)[C@@H](C)O)C(N)=O. The molecule has 2 aromatic heterocycles. The van der Waals surface area contributed by atoms with Crippen LogP contribution in [0.25, 0.3) is 10.9 Å². The Labute approximate surface area is 432 Å². The molecule has 0 bridgehead atoms. The number of aliphatic hydroxyl groups is 2. The second-order valence-electron chi connectivity index (χ2n) is 17.4. The summed E-state index contributed by atoms with van der Waals surface area (Å²) in [6, 6.07) is 5.37. The number of hydrogen-bond acceptors (Lipinski definition) is 16. The van der Waals surface area contributed by atoms with Crippen LogP contribution in [-0.2, 0) is 57.6 Å². The van der Waals surface area contributed by atoms with Gasteiger partial charge in [-0.2, -0.15) is 25.3 Å². The van der Waals surface area contributed by atoms with Crippen molar-refractivity contribution < 1.29 is 53.7 Å². The molecule has 4 aromatic rings. The summed E-state index contributed by atoms with van der Waals surface area (Å²) in [5.41, 5.74) is 19.7. The van der Waals surface area contributed by atoms with Gasteiger partial charge in [-0.05, 0) is 87.0 Å². The van der Waals surface area contributed by atoms with Crippen molar-refractivity contribution >= 4 is 83.4 Å². The van der Waals surface area contributed by atoms with Gasteiger partial charge in [0.25, 0.3) is 0 Å². The molecule has 2 heterocycles. The van der Waals surface area contributed by atoms with Crippen LogP contribution >= 0.6 is 25.3 Å². The van der Waals surface area contributed by atoms with Crippen LogP contribution in [0.2, 0.25) is 0 Å². The molecule has 73 heavy (non-hydrogen) atoms. The maximum Gasteiger partial charge on any atom is 0.245 e. The van der Waals surface area contributed by atoms with Crippen molar-refractivity contribution in [3.8, 4) is 5.75 Å². The minimum absolute atomic E-state index is 0.0265. The predicted molar refractivity (Wildman–Crippen MR) is 276 cm³/mol. The quantitative estimate of drug-likeness (QED) is 0.0194. The van der Waals surface area contributed by atoms with Crippen LogP contribution in [0.4, 0.5) is 0 Å². The van der Waals surface area contributed by atoms with Crippen LogP contribution in [0.15, 0.2) is 79.3 Å². The molecule has 0 saturated carbocycles. The van der Waals surface area contributed by atoms with Crippen molar-refractivity contribution in [1.29, 1.82) is 0 Å². The standard InChI is InChI=1S/C48H66N12O11S2/c1-25(61)39(41(51)64)59-47(70)38(24-73)58-48(71)40(26(2)62)60-43(66)34(11-5-6-16-49)54-45(68)36(20-29-22-53-33-10-4-3-9-31(29)33)56-44(67)35(19-28-8-7-17-52-21-28)55-46(69)37(23-72)57-42(65)32(50)18-27-12-14-30(63)15-13-27/h3-4,7-10,12-15,17,21-22,25-26,32,34-40,53,61-63,72-73H,5-6,11,16,18-20,23-24,49-50H2,1-2H3,(H2,51,64)(H,54,68)(H,55,69)(H,56,67)(H,57,65)(H,58,71)(H,59,70)(H,60,66)/t25-,26-,32+,34+,35+,36-,37-,38+,39+,40-/m1/s1. The van der Waals surface area contributed by atoms with Gasteiger partial charge in [0.2, 0.25) is 47.3 Å². The van der Waals surface area contributed by atoms with Crippen LogP contribution in [0.1, 0.15) is 49.8 Å². The van der Waals surface area contributed by atoms with Crippen LogP contribution in [0, 0.1) is 0 Å². The number of benzene rings is 2. The highest BCUT2D eigenvalue weighted by Gasteiger charge is 2.36. The summed E-state index contributed by atoms with van der Waals surface area (Å²) in [5, 5.41) is 48.7. The molecule has 0 aliphatic carbocycles. The van der Waals surface area contributed by atoms with Gasteiger partial charge in [-0.3, -0.25) is 43.3 Å². The fourth-order valence-corrected chi connectivity index (χ4v) is 8.04. The highest BCUT2D eigenvalue weighted by Crippen LogP contribution is 2.20.